The molecule has 0 aromatic carbocycles. The minimum absolute atomic E-state index is 0.210. The lowest BCUT2D eigenvalue weighted by atomic mass is 9.95. The van der Waals surface area contributed by atoms with Gasteiger partial charge in [-0.15, -0.1) is 0 Å². The van der Waals surface area contributed by atoms with Gasteiger partial charge in [-0.3, -0.25) is 14.4 Å². The molecule has 0 saturated carbocycles. The number of carbonyl (C=O) groups excluding carboxylic acids is 3. The van der Waals surface area contributed by atoms with Crippen molar-refractivity contribution in [2.24, 2.45) is 23.5 Å². The molecule has 180 valence electrons. The predicted octanol–water partition coefficient (Wildman–Crippen LogP) is -0.0183. The number of nitrogens with two attached hydrogens (primary N) is 1. The Hall–Kier alpha value is -2.20. The van der Waals surface area contributed by atoms with Crippen molar-refractivity contribution in [2.75, 3.05) is 0 Å². The highest BCUT2D eigenvalue weighted by Crippen LogP contribution is 2.12. The Labute approximate surface area is 184 Å². The fraction of sp³-hybridized carbons (Fsp3) is 0.810. The number of rotatable bonds is 13. The molecule has 0 aromatic rings. The number of carboxylic acid groups (broad SMARTS) is 1. The van der Waals surface area contributed by atoms with E-state index >= 15 is 0 Å². The van der Waals surface area contributed by atoms with Crippen LogP contribution < -0.4 is 21.7 Å². The van der Waals surface area contributed by atoms with E-state index < -0.39 is 54.0 Å². The largest absolute Gasteiger partial charge is 0.480 e. The molecule has 0 rings (SSSR count). The van der Waals surface area contributed by atoms with Crippen LogP contribution in [-0.4, -0.2) is 64.2 Å². The second kappa shape index (κ2) is 13.3. The third-order valence-corrected chi connectivity index (χ3v) is 5.15. The molecule has 6 unspecified atom stereocenters. The molecule has 0 radical (unpaired) electrons. The number of nitrogens with one attached hydrogen (secondary N) is 3. The van der Waals surface area contributed by atoms with Crippen LogP contribution in [0.3, 0.4) is 0 Å². The van der Waals surface area contributed by atoms with Crippen LogP contribution in [0.5, 0.6) is 0 Å². The molecule has 0 spiro atoms. The van der Waals surface area contributed by atoms with E-state index in [9.17, 15) is 29.4 Å². The summed E-state index contributed by atoms with van der Waals surface area (Å²) in [6.45, 7) is 12.2. The summed E-state index contributed by atoms with van der Waals surface area (Å²) in [7, 11) is 0. The lowest BCUT2D eigenvalue weighted by Gasteiger charge is -2.29. The number of hydrogen-bond acceptors (Lipinski definition) is 6. The average molecular weight is 445 g/mol. The van der Waals surface area contributed by atoms with Gasteiger partial charge in [-0.25, -0.2) is 4.79 Å². The van der Waals surface area contributed by atoms with Gasteiger partial charge in [0.25, 0.3) is 0 Å². The maximum Gasteiger partial charge on any atom is 0.328 e. The van der Waals surface area contributed by atoms with Crippen molar-refractivity contribution in [3.05, 3.63) is 0 Å². The van der Waals surface area contributed by atoms with Crippen LogP contribution in [0.2, 0.25) is 0 Å². The standard InChI is InChI=1S/C21H40N4O6/c1-8-12(6)16(20(29)25-17(13(7)26)21(30)31)24-19(28)15(11(4)5)23-18(27)14(22)9-10(2)3/h10-17,26H,8-9,22H2,1-7H3,(H,23,27)(H,24,28)(H,25,29)(H,30,31). The molecule has 7 N–H and O–H groups in total. The summed E-state index contributed by atoms with van der Waals surface area (Å²) in [6, 6.07) is -4.23. The molecule has 0 fully saturated rings. The Morgan fingerprint density at radius 3 is 1.65 bits per heavy atom. The van der Waals surface area contributed by atoms with Crippen LogP contribution in [0.15, 0.2) is 0 Å². The number of carboxylic acids is 1. The van der Waals surface area contributed by atoms with Gasteiger partial charge < -0.3 is 31.9 Å². The summed E-state index contributed by atoms with van der Waals surface area (Å²) in [4.78, 5) is 49.4. The normalized spacial score (nSPS) is 17.3. The Morgan fingerprint density at radius 2 is 1.26 bits per heavy atom. The average Bonchev–Trinajstić information content (AvgIpc) is 2.65. The minimum atomic E-state index is -1.51. The van der Waals surface area contributed by atoms with Gasteiger partial charge in [0.15, 0.2) is 6.04 Å². The molecule has 10 heteroatoms. The number of amides is 3. The molecule has 0 aliphatic rings. The zero-order valence-corrected chi connectivity index (χ0v) is 19.6. The van der Waals surface area contributed by atoms with Crippen molar-refractivity contribution in [3.63, 3.8) is 0 Å². The molecule has 0 heterocycles. The molecule has 0 aliphatic heterocycles. The smallest absolute Gasteiger partial charge is 0.328 e. The molecular formula is C21H40N4O6. The number of aliphatic carboxylic acids is 1. The van der Waals surface area contributed by atoms with Crippen LogP contribution >= 0.6 is 0 Å². The summed E-state index contributed by atoms with van der Waals surface area (Å²) in [5.41, 5.74) is 5.91. The highest BCUT2D eigenvalue weighted by atomic mass is 16.4. The van der Waals surface area contributed by atoms with Crippen LogP contribution in [0.1, 0.15) is 61.3 Å². The monoisotopic (exact) mass is 444 g/mol. The first-order valence-corrected chi connectivity index (χ1v) is 10.8. The van der Waals surface area contributed by atoms with Gasteiger partial charge in [0.2, 0.25) is 17.7 Å². The van der Waals surface area contributed by atoms with E-state index in [-0.39, 0.29) is 17.8 Å². The Kier molecular flexibility index (Phi) is 12.3. The summed E-state index contributed by atoms with van der Waals surface area (Å²) in [5, 5.41) is 26.4. The number of carbonyl (C=O) groups is 4. The quantitative estimate of drug-likeness (QED) is 0.232. The van der Waals surface area contributed by atoms with Crippen molar-refractivity contribution < 1.29 is 29.4 Å². The SMILES string of the molecule is CCC(C)C(NC(=O)C(NC(=O)C(N)CC(C)C)C(C)C)C(=O)NC(C(=O)O)C(C)O. The van der Waals surface area contributed by atoms with Gasteiger partial charge in [0.1, 0.15) is 12.1 Å². The van der Waals surface area contributed by atoms with Gasteiger partial charge >= 0.3 is 5.97 Å². The number of aliphatic hydroxyl groups excluding tert-OH is 1. The van der Waals surface area contributed by atoms with Crippen LogP contribution in [-0.2, 0) is 19.2 Å². The van der Waals surface area contributed by atoms with E-state index in [0.29, 0.717) is 12.8 Å². The molecular weight excluding hydrogens is 404 g/mol. The summed E-state index contributed by atoms with van der Waals surface area (Å²) < 4.78 is 0. The number of aliphatic hydroxyl groups is 1. The molecule has 0 aliphatic carbocycles. The molecule has 0 aromatic heterocycles. The van der Waals surface area contributed by atoms with E-state index in [4.69, 9.17) is 5.73 Å². The Morgan fingerprint density at radius 1 is 0.806 bits per heavy atom. The lowest BCUT2D eigenvalue weighted by molar-refractivity contribution is -0.145. The zero-order valence-electron chi connectivity index (χ0n) is 19.6. The Balaban J connectivity index is 5.47. The van der Waals surface area contributed by atoms with E-state index in [1.165, 1.54) is 6.92 Å². The van der Waals surface area contributed by atoms with E-state index in [0.717, 1.165) is 0 Å². The fourth-order valence-corrected chi connectivity index (χ4v) is 2.99. The minimum Gasteiger partial charge on any atom is -0.480 e. The van der Waals surface area contributed by atoms with E-state index in [1.807, 2.05) is 20.8 Å². The predicted molar refractivity (Wildman–Crippen MR) is 117 cm³/mol. The van der Waals surface area contributed by atoms with Crippen molar-refractivity contribution in [2.45, 2.75) is 91.6 Å². The molecule has 3 amide bonds. The topological polar surface area (TPSA) is 171 Å². The zero-order chi connectivity index (χ0) is 24.5. The van der Waals surface area contributed by atoms with Crippen LogP contribution in [0, 0.1) is 17.8 Å². The molecule has 6 atom stereocenters. The van der Waals surface area contributed by atoms with Crippen molar-refractivity contribution in [3.8, 4) is 0 Å². The van der Waals surface area contributed by atoms with Gasteiger partial charge in [-0.2, -0.15) is 0 Å². The fourth-order valence-electron chi connectivity index (χ4n) is 2.99. The molecule has 0 bridgehead atoms. The highest BCUT2D eigenvalue weighted by molar-refractivity contribution is 5.94. The van der Waals surface area contributed by atoms with Crippen molar-refractivity contribution >= 4 is 23.7 Å². The second-order valence-corrected chi connectivity index (χ2v) is 8.90. The van der Waals surface area contributed by atoms with Gasteiger partial charge in [0.05, 0.1) is 12.1 Å². The summed E-state index contributed by atoms with van der Waals surface area (Å²) in [6.07, 6.45) is -0.325. The molecule has 0 saturated heterocycles. The van der Waals surface area contributed by atoms with Gasteiger partial charge in [0, 0.05) is 0 Å². The lowest BCUT2D eigenvalue weighted by Crippen LogP contribution is -2.60. The maximum absolute atomic E-state index is 12.9. The summed E-state index contributed by atoms with van der Waals surface area (Å²) in [5.74, 6) is -3.51. The van der Waals surface area contributed by atoms with Gasteiger partial charge in [-0.1, -0.05) is 48.0 Å². The third kappa shape index (κ3) is 9.65. The molecule has 31 heavy (non-hydrogen) atoms. The van der Waals surface area contributed by atoms with Gasteiger partial charge in [-0.05, 0) is 31.1 Å². The highest BCUT2D eigenvalue weighted by Gasteiger charge is 2.34. The summed E-state index contributed by atoms with van der Waals surface area (Å²) >= 11 is 0. The third-order valence-electron chi connectivity index (χ3n) is 5.15. The van der Waals surface area contributed by atoms with Crippen molar-refractivity contribution in [1.82, 2.24) is 16.0 Å². The Bertz CT molecular complexity index is 623. The first kappa shape index (κ1) is 28.8. The first-order valence-electron chi connectivity index (χ1n) is 10.8. The van der Waals surface area contributed by atoms with Crippen molar-refractivity contribution in [1.29, 1.82) is 0 Å². The number of hydrogen-bond donors (Lipinski definition) is 6. The van der Waals surface area contributed by atoms with Crippen LogP contribution in [0.25, 0.3) is 0 Å². The second-order valence-electron chi connectivity index (χ2n) is 8.90. The molecule has 10 nitrogen and oxygen atoms in total. The maximum atomic E-state index is 12.9. The van der Waals surface area contributed by atoms with E-state index in [2.05, 4.69) is 16.0 Å². The van der Waals surface area contributed by atoms with E-state index in [1.54, 1.807) is 20.8 Å². The van der Waals surface area contributed by atoms with Crippen LogP contribution in [0.4, 0.5) is 0 Å². The first-order chi connectivity index (χ1) is 14.2.